The van der Waals surface area contributed by atoms with Crippen molar-refractivity contribution in [2.45, 2.75) is 50.8 Å². The van der Waals surface area contributed by atoms with Crippen LogP contribution < -0.4 is 5.32 Å². The van der Waals surface area contributed by atoms with Crippen molar-refractivity contribution in [3.05, 3.63) is 33.8 Å². The highest BCUT2D eigenvalue weighted by atomic mass is 79.9. The zero-order valence-electron chi connectivity index (χ0n) is 12.5. The molecule has 2 aliphatic carbocycles. The number of hydrogen-bond acceptors (Lipinski definition) is 3. The maximum atomic E-state index is 9.96. The lowest BCUT2D eigenvalue weighted by molar-refractivity contribution is 0.0154. The summed E-state index contributed by atoms with van der Waals surface area (Å²) in [4.78, 5) is 5.81. The Balaban J connectivity index is 1.90. The van der Waals surface area contributed by atoms with Crippen molar-refractivity contribution in [3.63, 3.8) is 0 Å². The van der Waals surface area contributed by atoms with Crippen LogP contribution in [0.2, 0.25) is 0 Å². The van der Waals surface area contributed by atoms with Gasteiger partial charge >= 0.3 is 0 Å². The predicted molar refractivity (Wildman–Crippen MR) is 95.3 cm³/mol. The molecule has 1 aromatic carbocycles. The third-order valence-corrected chi connectivity index (χ3v) is 6.52. The van der Waals surface area contributed by atoms with E-state index in [0.717, 1.165) is 47.3 Å². The summed E-state index contributed by atoms with van der Waals surface area (Å²) >= 11 is 9.08. The zero-order chi connectivity index (χ0) is 15.5. The third-order valence-electron chi connectivity index (χ3n) is 5.63. The minimum absolute atomic E-state index is 0.0250. The summed E-state index contributed by atoms with van der Waals surface area (Å²) < 4.78 is 1.07. The van der Waals surface area contributed by atoms with E-state index in [1.165, 1.54) is 11.1 Å². The van der Waals surface area contributed by atoms with Gasteiger partial charge in [0, 0.05) is 15.5 Å². The van der Waals surface area contributed by atoms with E-state index in [-0.39, 0.29) is 11.5 Å². The molecule has 2 N–H and O–H groups in total. The van der Waals surface area contributed by atoms with Gasteiger partial charge in [-0.25, -0.2) is 0 Å². The van der Waals surface area contributed by atoms with Gasteiger partial charge in [-0.15, -0.1) is 0 Å². The molecule has 0 amide bonds. The van der Waals surface area contributed by atoms with Crippen molar-refractivity contribution in [1.82, 2.24) is 5.32 Å². The Kier molecular flexibility index (Phi) is 3.26. The molecule has 1 heterocycles. The minimum Gasteiger partial charge on any atom is -0.393 e. The van der Waals surface area contributed by atoms with Gasteiger partial charge in [0.15, 0.2) is 5.66 Å². The number of benzene rings is 1. The minimum atomic E-state index is -0.437. The van der Waals surface area contributed by atoms with E-state index < -0.39 is 5.66 Å². The smallest absolute Gasteiger partial charge is 0.162 e. The molecule has 0 radical (unpaired) electrons. The normalized spacial score (nSPS) is 36.6. The van der Waals surface area contributed by atoms with Gasteiger partial charge in [0.05, 0.1) is 11.8 Å². The molecule has 0 bridgehead atoms. The molecule has 1 unspecified atom stereocenters. The Bertz CT molecular complexity index is 694. The summed E-state index contributed by atoms with van der Waals surface area (Å²) in [6.45, 7) is 1.99. The number of aliphatic imine (C=N–C) groups is 1. The molecule has 5 heteroatoms. The van der Waals surface area contributed by atoms with Crippen molar-refractivity contribution in [2.24, 2.45) is 10.4 Å². The van der Waals surface area contributed by atoms with E-state index in [4.69, 9.17) is 17.2 Å². The van der Waals surface area contributed by atoms with Gasteiger partial charge < -0.3 is 10.4 Å². The maximum Gasteiger partial charge on any atom is 0.162 e. The number of thiocarbonyl (C=S) groups is 1. The van der Waals surface area contributed by atoms with Gasteiger partial charge in [0.1, 0.15) is 4.99 Å². The Labute approximate surface area is 144 Å². The van der Waals surface area contributed by atoms with Crippen molar-refractivity contribution < 1.29 is 5.11 Å². The number of fused-ring (bicyclic) bond motifs is 3. The Morgan fingerprint density at radius 3 is 2.73 bits per heavy atom. The number of rotatable bonds is 0. The van der Waals surface area contributed by atoms with Crippen LogP contribution in [-0.2, 0) is 12.1 Å². The van der Waals surface area contributed by atoms with E-state index in [1.807, 2.05) is 6.92 Å². The number of nitrogens with one attached hydrogen (secondary N) is 1. The lowest BCUT2D eigenvalue weighted by Gasteiger charge is -2.46. The molecule has 116 valence electrons. The average Bonchev–Trinajstić information content (AvgIpc) is 2.92. The molecule has 0 saturated heterocycles. The number of aliphatic hydroxyl groups is 1. The molecule has 3 nitrogen and oxygen atoms in total. The van der Waals surface area contributed by atoms with E-state index >= 15 is 0 Å². The van der Waals surface area contributed by atoms with Crippen molar-refractivity contribution in [2.75, 3.05) is 0 Å². The van der Waals surface area contributed by atoms with E-state index in [1.54, 1.807) is 0 Å². The highest BCUT2D eigenvalue weighted by molar-refractivity contribution is 9.10. The molecule has 4 rings (SSSR count). The quantitative estimate of drug-likeness (QED) is 0.679. The number of aliphatic hydroxyl groups excluding tert-OH is 1. The molecule has 1 aliphatic heterocycles. The van der Waals surface area contributed by atoms with Crippen LogP contribution in [0.15, 0.2) is 27.7 Å². The zero-order valence-corrected chi connectivity index (χ0v) is 14.9. The van der Waals surface area contributed by atoms with Crippen LogP contribution in [-0.4, -0.2) is 21.9 Å². The fourth-order valence-corrected chi connectivity index (χ4v) is 5.03. The molecule has 1 saturated carbocycles. The SMILES string of the molecule is CC1=NC2(NC1=S)c1cc(Br)ccc1C[C@]21CC[C@@H](O)CC1. The second-order valence-corrected chi connectivity index (χ2v) is 8.18. The maximum absolute atomic E-state index is 9.96. The van der Waals surface area contributed by atoms with E-state index in [0.29, 0.717) is 0 Å². The summed E-state index contributed by atoms with van der Waals surface area (Å²) in [5.41, 5.74) is 3.11. The standard InChI is InChI=1S/C17H19BrN2OS/c1-10-15(22)20-17(19-10)14-8-12(18)3-2-11(14)9-16(17)6-4-13(21)5-7-16/h2-3,8,13,21H,4-7,9H2,1H3,(H,20,22)/t13-,16-,17?. The van der Waals surface area contributed by atoms with Gasteiger partial charge in [-0.3, -0.25) is 4.99 Å². The van der Waals surface area contributed by atoms with E-state index in [2.05, 4.69) is 39.4 Å². The first-order chi connectivity index (χ1) is 10.5. The Morgan fingerprint density at radius 2 is 2.09 bits per heavy atom. The topological polar surface area (TPSA) is 44.6 Å². The second-order valence-electron chi connectivity index (χ2n) is 6.85. The van der Waals surface area contributed by atoms with Gasteiger partial charge in [-0.05, 0) is 56.7 Å². The number of halogens is 1. The Hall–Kier alpha value is -0.780. The Morgan fingerprint density at radius 1 is 1.36 bits per heavy atom. The molecule has 0 aromatic heterocycles. The largest absolute Gasteiger partial charge is 0.393 e. The lowest BCUT2D eigenvalue weighted by atomic mass is 9.65. The van der Waals surface area contributed by atoms with Gasteiger partial charge in [0.25, 0.3) is 0 Å². The first-order valence-electron chi connectivity index (χ1n) is 7.82. The molecule has 22 heavy (non-hydrogen) atoms. The molecule has 1 aromatic rings. The van der Waals surface area contributed by atoms with Crippen LogP contribution in [0.1, 0.15) is 43.7 Å². The summed E-state index contributed by atoms with van der Waals surface area (Å²) in [7, 11) is 0. The van der Waals surface area contributed by atoms with Crippen LogP contribution in [0.25, 0.3) is 0 Å². The fourth-order valence-electron chi connectivity index (χ4n) is 4.48. The van der Waals surface area contributed by atoms with E-state index in [9.17, 15) is 5.11 Å². The lowest BCUT2D eigenvalue weighted by Crippen LogP contribution is -2.52. The van der Waals surface area contributed by atoms with Crippen LogP contribution in [0.4, 0.5) is 0 Å². The van der Waals surface area contributed by atoms with Crippen LogP contribution in [0.3, 0.4) is 0 Å². The summed E-state index contributed by atoms with van der Waals surface area (Å²) in [5.74, 6) is 0. The van der Waals surface area contributed by atoms with Crippen LogP contribution in [0, 0.1) is 5.41 Å². The molecular formula is C17H19BrN2OS. The van der Waals surface area contributed by atoms with Crippen molar-refractivity contribution in [3.8, 4) is 0 Å². The molecular weight excluding hydrogens is 360 g/mol. The monoisotopic (exact) mass is 378 g/mol. The highest BCUT2D eigenvalue weighted by Gasteiger charge is 2.60. The van der Waals surface area contributed by atoms with Gasteiger partial charge in [-0.2, -0.15) is 0 Å². The molecule has 1 atom stereocenters. The summed E-state index contributed by atoms with van der Waals surface area (Å²) in [6.07, 6.45) is 4.49. The van der Waals surface area contributed by atoms with Crippen molar-refractivity contribution in [1.29, 1.82) is 0 Å². The second kappa shape index (κ2) is 4.86. The fraction of sp³-hybridized carbons (Fsp3) is 0.529. The van der Waals surface area contributed by atoms with Crippen LogP contribution >= 0.6 is 28.1 Å². The first-order valence-corrected chi connectivity index (χ1v) is 9.02. The van der Waals surface area contributed by atoms with Crippen LogP contribution in [0.5, 0.6) is 0 Å². The summed E-state index contributed by atoms with van der Waals surface area (Å²) in [6, 6.07) is 6.49. The number of hydrogen-bond donors (Lipinski definition) is 2. The molecule has 1 fully saturated rings. The highest BCUT2D eigenvalue weighted by Crippen LogP contribution is 2.59. The summed E-state index contributed by atoms with van der Waals surface area (Å²) in [5, 5.41) is 13.5. The van der Waals surface area contributed by atoms with Gasteiger partial charge in [0.2, 0.25) is 0 Å². The molecule has 3 aliphatic rings. The average molecular weight is 379 g/mol. The number of nitrogens with zero attached hydrogens (tertiary/aromatic N) is 1. The predicted octanol–water partition coefficient (Wildman–Crippen LogP) is 3.47. The molecule has 2 spiro atoms. The third kappa shape index (κ3) is 1.88. The first kappa shape index (κ1) is 14.8. The van der Waals surface area contributed by atoms with Gasteiger partial charge in [-0.1, -0.05) is 34.2 Å². The van der Waals surface area contributed by atoms with Crippen molar-refractivity contribution >= 4 is 38.8 Å².